The highest BCUT2D eigenvalue weighted by Gasteiger charge is 2.19. The van der Waals surface area contributed by atoms with Gasteiger partial charge in [-0.1, -0.05) is 6.07 Å². The summed E-state index contributed by atoms with van der Waals surface area (Å²) in [5.41, 5.74) is 0.305. The smallest absolute Gasteiger partial charge is 0.284 e. The first kappa shape index (κ1) is 20.2. The lowest BCUT2D eigenvalue weighted by atomic mass is 10.1. The van der Waals surface area contributed by atoms with Gasteiger partial charge in [0.1, 0.15) is 17.1 Å². The van der Waals surface area contributed by atoms with E-state index < -0.39 is 23.3 Å². The van der Waals surface area contributed by atoms with Crippen LogP contribution in [0.3, 0.4) is 0 Å². The fourth-order valence-electron chi connectivity index (χ4n) is 2.69. The van der Waals surface area contributed by atoms with E-state index in [9.17, 15) is 19.1 Å². The van der Waals surface area contributed by atoms with E-state index in [1.165, 1.54) is 24.3 Å². The summed E-state index contributed by atoms with van der Waals surface area (Å²) in [5, 5.41) is 16.0. The molecule has 0 radical (unpaired) electrons. The topological polar surface area (TPSA) is 93.5 Å². The predicted octanol–water partition coefficient (Wildman–Crippen LogP) is 2.16. The molecule has 1 atom stereocenters. The highest BCUT2D eigenvalue weighted by Crippen LogP contribution is 2.21. The normalized spacial score (nSPS) is 11.7. The van der Waals surface area contributed by atoms with Crippen LogP contribution < -0.4 is 15.6 Å². The van der Waals surface area contributed by atoms with Crippen molar-refractivity contribution in [1.29, 1.82) is 0 Å². The number of amides is 1. The Morgan fingerprint density at radius 1 is 1.24 bits per heavy atom. The lowest BCUT2D eigenvalue weighted by Gasteiger charge is -2.13. The third-order valence-electron chi connectivity index (χ3n) is 4.25. The molecular weight excluding hydrogens is 377 g/mol. The van der Waals surface area contributed by atoms with Crippen LogP contribution in [-0.4, -0.2) is 40.6 Å². The van der Waals surface area contributed by atoms with Gasteiger partial charge in [0.2, 0.25) is 0 Å². The van der Waals surface area contributed by atoms with Crippen molar-refractivity contribution in [1.82, 2.24) is 15.1 Å². The standard InChI is InChI=1S/C21H20FN3O4/c1-13(12-26)23-20(27)18-11-19(14-6-8-17(29-2)9-7-14)24-25(21(18)28)16-5-3-4-15(22)10-16/h3-11,13,26H,12H2,1-2H3,(H,23,27)/t13-/m0/s1. The van der Waals surface area contributed by atoms with Crippen molar-refractivity contribution in [3.63, 3.8) is 0 Å². The fraction of sp³-hybridized carbons (Fsp3) is 0.190. The molecule has 0 spiro atoms. The summed E-state index contributed by atoms with van der Waals surface area (Å²) in [4.78, 5) is 25.5. The summed E-state index contributed by atoms with van der Waals surface area (Å²) < 4.78 is 19.8. The van der Waals surface area contributed by atoms with E-state index in [0.29, 0.717) is 17.0 Å². The van der Waals surface area contributed by atoms with Crippen LogP contribution in [0.2, 0.25) is 0 Å². The van der Waals surface area contributed by atoms with Gasteiger partial charge in [-0.25, -0.2) is 4.39 Å². The number of nitrogens with zero attached hydrogens (tertiary/aromatic N) is 2. The average molecular weight is 397 g/mol. The predicted molar refractivity (Wildman–Crippen MR) is 106 cm³/mol. The number of hydrogen-bond acceptors (Lipinski definition) is 5. The molecule has 0 fully saturated rings. The number of aliphatic hydroxyl groups excluding tert-OH is 1. The molecule has 0 saturated carbocycles. The van der Waals surface area contributed by atoms with Gasteiger partial charge in [-0.2, -0.15) is 9.78 Å². The van der Waals surface area contributed by atoms with Gasteiger partial charge in [0.15, 0.2) is 0 Å². The van der Waals surface area contributed by atoms with Gasteiger partial charge in [-0.05, 0) is 55.5 Å². The first-order valence-electron chi connectivity index (χ1n) is 8.89. The number of benzene rings is 2. The SMILES string of the molecule is COc1ccc(-c2cc(C(=O)N[C@@H](C)CO)c(=O)n(-c3cccc(F)c3)n2)cc1. The van der Waals surface area contributed by atoms with E-state index in [1.54, 1.807) is 38.3 Å². The molecule has 29 heavy (non-hydrogen) atoms. The number of carbonyl (C=O) groups is 1. The van der Waals surface area contributed by atoms with Crippen molar-refractivity contribution >= 4 is 5.91 Å². The first-order chi connectivity index (χ1) is 13.9. The van der Waals surface area contributed by atoms with Crippen molar-refractivity contribution in [2.24, 2.45) is 0 Å². The number of methoxy groups -OCH3 is 1. The minimum absolute atomic E-state index is 0.171. The number of rotatable bonds is 6. The van der Waals surface area contributed by atoms with E-state index in [-0.39, 0.29) is 17.9 Å². The van der Waals surface area contributed by atoms with Crippen LogP contribution in [0.15, 0.2) is 59.4 Å². The van der Waals surface area contributed by atoms with E-state index in [0.717, 1.165) is 10.7 Å². The number of carbonyl (C=O) groups excluding carboxylic acids is 1. The van der Waals surface area contributed by atoms with Crippen molar-refractivity contribution in [2.45, 2.75) is 13.0 Å². The maximum Gasteiger partial charge on any atom is 0.284 e. The fourth-order valence-corrected chi connectivity index (χ4v) is 2.69. The second-order valence-corrected chi connectivity index (χ2v) is 6.43. The van der Waals surface area contributed by atoms with Gasteiger partial charge in [0.25, 0.3) is 11.5 Å². The van der Waals surface area contributed by atoms with Gasteiger partial charge < -0.3 is 15.2 Å². The van der Waals surface area contributed by atoms with Crippen LogP contribution in [0.1, 0.15) is 17.3 Å². The van der Waals surface area contributed by atoms with Crippen molar-refractivity contribution in [2.75, 3.05) is 13.7 Å². The van der Waals surface area contributed by atoms with Crippen molar-refractivity contribution < 1.29 is 19.0 Å². The monoisotopic (exact) mass is 397 g/mol. The molecule has 8 heteroatoms. The minimum atomic E-state index is -0.699. The molecule has 1 heterocycles. The Morgan fingerprint density at radius 3 is 2.59 bits per heavy atom. The summed E-state index contributed by atoms with van der Waals surface area (Å²) in [6.45, 7) is 1.33. The number of aromatic nitrogens is 2. The number of nitrogens with one attached hydrogen (secondary N) is 1. The van der Waals surface area contributed by atoms with Crippen LogP contribution in [0.4, 0.5) is 4.39 Å². The zero-order valence-electron chi connectivity index (χ0n) is 15.9. The van der Waals surface area contributed by atoms with E-state index in [2.05, 4.69) is 10.4 Å². The summed E-state index contributed by atoms with van der Waals surface area (Å²) in [5.74, 6) is -0.549. The quantitative estimate of drug-likeness (QED) is 0.665. The third-order valence-corrected chi connectivity index (χ3v) is 4.25. The van der Waals surface area contributed by atoms with Crippen LogP contribution in [-0.2, 0) is 0 Å². The summed E-state index contributed by atoms with van der Waals surface area (Å²) in [6.07, 6.45) is 0. The number of ether oxygens (including phenoxy) is 1. The molecule has 7 nitrogen and oxygen atoms in total. The van der Waals surface area contributed by atoms with Crippen molar-refractivity contribution in [3.8, 4) is 22.7 Å². The zero-order valence-corrected chi connectivity index (χ0v) is 15.9. The average Bonchev–Trinajstić information content (AvgIpc) is 2.73. The maximum atomic E-state index is 13.7. The summed E-state index contributed by atoms with van der Waals surface area (Å²) in [7, 11) is 1.54. The largest absolute Gasteiger partial charge is 0.497 e. The van der Waals surface area contributed by atoms with Crippen LogP contribution in [0.5, 0.6) is 5.75 Å². The van der Waals surface area contributed by atoms with E-state index in [1.807, 2.05) is 0 Å². The Labute approximate surface area is 166 Å². The Hall–Kier alpha value is -3.52. The van der Waals surface area contributed by atoms with Crippen molar-refractivity contribution in [3.05, 3.63) is 76.3 Å². The Bertz CT molecular complexity index is 1080. The molecule has 0 aliphatic rings. The molecular formula is C21H20FN3O4. The molecule has 3 rings (SSSR count). The molecule has 0 saturated heterocycles. The molecule has 1 aromatic heterocycles. The molecule has 2 aromatic carbocycles. The van der Waals surface area contributed by atoms with E-state index in [4.69, 9.17) is 4.74 Å². The Balaban J connectivity index is 2.18. The zero-order chi connectivity index (χ0) is 21.0. The molecule has 0 bridgehead atoms. The van der Waals surface area contributed by atoms with Crippen LogP contribution in [0, 0.1) is 5.82 Å². The minimum Gasteiger partial charge on any atom is -0.497 e. The number of hydrogen-bond donors (Lipinski definition) is 2. The molecule has 0 aliphatic heterocycles. The van der Waals surface area contributed by atoms with Crippen LogP contribution in [0.25, 0.3) is 16.9 Å². The van der Waals surface area contributed by atoms with Gasteiger partial charge >= 0.3 is 0 Å². The first-order valence-corrected chi connectivity index (χ1v) is 8.89. The lowest BCUT2D eigenvalue weighted by molar-refractivity contribution is 0.0920. The maximum absolute atomic E-state index is 13.7. The molecule has 2 N–H and O–H groups in total. The highest BCUT2D eigenvalue weighted by molar-refractivity contribution is 5.95. The van der Waals surface area contributed by atoms with Gasteiger partial charge in [-0.3, -0.25) is 9.59 Å². The summed E-state index contributed by atoms with van der Waals surface area (Å²) in [6, 6.07) is 13.1. The molecule has 0 aliphatic carbocycles. The second kappa shape index (κ2) is 8.66. The molecule has 0 unspecified atom stereocenters. The highest BCUT2D eigenvalue weighted by atomic mass is 19.1. The summed E-state index contributed by atoms with van der Waals surface area (Å²) >= 11 is 0. The lowest BCUT2D eigenvalue weighted by Crippen LogP contribution is -2.39. The van der Waals surface area contributed by atoms with Gasteiger partial charge in [-0.15, -0.1) is 0 Å². The van der Waals surface area contributed by atoms with E-state index >= 15 is 0 Å². The van der Waals surface area contributed by atoms with Crippen LogP contribution >= 0.6 is 0 Å². The third kappa shape index (κ3) is 4.49. The molecule has 150 valence electrons. The Kier molecular flexibility index (Phi) is 6.04. The van der Waals surface area contributed by atoms with Gasteiger partial charge in [0.05, 0.1) is 25.1 Å². The number of halogens is 1. The van der Waals surface area contributed by atoms with Gasteiger partial charge in [0, 0.05) is 11.6 Å². The number of aliphatic hydroxyl groups is 1. The molecule has 3 aromatic rings. The molecule has 1 amide bonds. The second-order valence-electron chi connectivity index (χ2n) is 6.43. The Morgan fingerprint density at radius 2 is 1.97 bits per heavy atom.